The lowest BCUT2D eigenvalue weighted by atomic mass is 9.81. The quantitative estimate of drug-likeness (QED) is 0.530. The lowest BCUT2D eigenvalue weighted by Crippen LogP contribution is -2.47. The molecular formula is C29H37NO5. The molecule has 0 heterocycles. The van der Waals surface area contributed by atoms with Crippen molar-refractivity contribution in [2.75, 3.05) is 12.0 Å². The summed E-state index contributed by atoms with van der Waals surface area (Å²) in [7, 11) is 1.36. The lowest BCUT2D eigenvalue weighted by Gasteiger charge is -2.39. The summed E-state index contributed by atoms with van der Waals surface area (Å²) in [5, 5.41) is 10.1. The van der Waals surface area contributed by atoms with Gasteiger partial charge in [0.25, 0.3) is 0 Å². The Hall–Kier alpha value is -2.86. The van der Waals surface area contributed by atoms with Gasteiger partial charge in [0, 0.05) is 12.0 Å². The third-order valence-electron chi connectivity index (χ3n) is 7.52. The summed E-state index contributed by atoms with van der Waals surface area (Å²) in [6.07, 6.45) is 6.24. The van der Waals surface area contributed by atoms with Crippen LogP contribution in [0, 0.1) is 11.8 Å². The third-order valence-corrected chi connectivity index (χ3v) is 7.52. The molecule has 2 fully saturated rings. The third kappa shape index (κ3) is 6.23. The van der Waals surface area contributed by atoms with E-state index < -0.39 is 5.97 Å². The first-order chi connectivity index (χ1) is 17.0. The Morgan fingerprint density at radius 2 is 1.63 bits per heavy atom. The lowest BCUT2D eigenvalue weighted by molar-refractivity contribution is -0.124. The van der Waals surface area contributed by atoms with Gasteiger partial charge in [-0.05, 0) is 81.0 Å². The molecule has 6 heteroatoms. The van der Waals surface area contributed by atoms with Crippen molar-refractivity contribution in [1.29, 1.82) is 0 Å². The van der Waals surface area contributed by atoms with Crippen LogP contribution in [-0.2, 0) is 16.1 Å². The van der Waals surface area contributed by atoms with Crippen molar-refractivity contribution in [3.63, 3.8) is 0 Å². The molecular weight excluding hydrogens is 442 g/mol. The monoisotopic (exact) mass is 479 g/mol. The Bertz CT molecular complexity index is 991. The van der Waals surface area contributed by atoms with Gasteiger partial charge >= 0.3 is 5.97 Å². The van der Waals surface area contributed by atoms with Crippen LogP contribution in [-0.4, -0.2) is 36.2 Å². The van der Waals surface area contributed by atoms with Crippen molar-refractivity contribution < 1.29 is 24.2 Å². The number of esters is 1. The molecule has 2 aliphatic rings. The second kappa shape index (κ2) is 11.7. The predicted molar refractivity (Wildman–Crippen MR) is 135 cm³/mol. The van der Waals surface area contributed by atoms with Gasteiger partial charge in [0.2, 0.25) is 5.91 Å². The van der Waals surface area contributed by atoms with Gasteiger partial charge in [0.15, 0.2) is 0 Å². The van der Waals surface area contributed by atoms with Gasteiger partial charge in [-0.25, -0.2) is 4.79 Å². The summed E-state index contributed by atoms with van der Waals surface area (Å²) in [5.74, 6) is 0.745. The molecule has 6 nitrogen and oxygen atoms in total. The first kappa shape index (κ1) is 25.2. The number of aliphatic hydroxyl groups excluding tert-OH is 1. The van der Waals surface area contributed by atoms with E-state index in [2.05, 4.69) is 6.92 Å². The van der Waals surface area contributed by atoms with Crippen LogP contribution in [0.1, 0.15) is 74.2 Å². The number of anilines is 1. The highest BCUT2D eigenvalue weighted by Gasteiger charge is 2.36. The summed E-state index contributed by atoms with van der Waals surface area (Å²) in [6, 6.07) is 15.1. The van der Waals surface area contributed by atoms with Crippen LogP contribution in [0.2, 0.25) is 0 Å². The normalized spacial score (nSPS) is 24.4. The number of aliphatic hydroxyl groups is 1. The Balaban J connectivity index is 1.64. The van der Waals surface area contributed by atoms with E-state index in [0.717, 1.165) is 31.2 Å². The molecule has 2 aliphatic carbocycles. The number of carbonyl (C=O) groups excluding carboxylic acids is 2. The average Bonchev–Trinajstić information content (AvgIpc) is 2.89. The fraction of sp³-hybridized carbons (Fsp3) is 0.517. The number of hydrogen-bond acceptors (Lipinski definition) is 5. The molecule has 2 aromatic carbocycles. The number of ether oxygens (including phenoxy) is 2. The van der Waals surface area contributed by atoms with E-state index >= 15 is 0 Å². The SMILES string of the molecule is COC(=O)c1cc(OCc2ccccc2)ccc1N(C(=O)C1CCC(C)CC1)C1CCC(O)CC1. The molecule has 0 atom stereocenters. The fourth-order valence-corrected chi connectivity index (χ4v) is 5.34. The summed E-state index contributed by atoms with van der Waals surface area (Å²) in [5.41, 5.74) is 1.94. The number of methoxy groups -OCH3 is 1. The van der Waals surface area contributed by atoms with Gasteiger partial charge in [-0.15, -0.1) is 0 Å². The minimum absolute atomic E-state index is 0.0439. The average molecular weight is 480 g/mol. The van der Waals surface area contributed by atoms with Crippen molar-refractivity contribution >= 4 is 17.6 Å². The minimum atomic E-state index is -0.490. The van der Waals surface area contributed by atoms with E-state index in [0.29, 0.717) is 55.2 Å². The highest BCUT2D eigenvalue weighted by Crippen LogP contribution is 2.37. The molecule has 2 aromatic rings. The molecule has 2 saturated carbocycles. The van der Waals surface area contributed by atoms with E-state index in [9.17, 15) is 14.7 Å². The first-order valence-corrected chi connectivity index (χ1v) is 12.9. The summed E-state index contributed by atoms with van der Waals surface area (Å²) in [6.45, 7) is 2.62. The second-order valence-corrected chi connectivity index (χ2v) is 10.1. The van der Waals surface area contributed by atoms with Crippen LogP contribution < -0.4 is 9.64 Å². The molecule has 188 valence electrons. The highest BCUT2D eigenvalue weighted by molar-refractivity contribution is 6.04. The van der Waals surface area contributed by atoms with E-state index in [1.54, 1.807) is 6.07 Å². The number of hydrogen-bond donors (Lipinski definition) is 1. The van der Waals surface area contributed by atoms with Crippen LogP contribution in [0.25, 0.3) is 0 Å². The van der Waals surface area contributed by atoms with Gasteiger partial charge in [0.05, 0.1) is 24.5 Å². The van der Waals surface area contributed by atoms with Gasteiger partial charge in [0.1, 0.15) is 12.4 Å². The molecule has 4 rings (SSSR count). The Morgan fingerprint density at radius 3 is 2.29 bits per heavy atom. The highest BCUT2D eigenvalue weighted by atomic mass is 16.5. The zero-order valence-corrected chi connectivity index (χ0v) is 20.8. The fourth-order valence-electron chi connectivity index (χ4n) is 5.34. The maximum Gasteiger partial charge on any atom is 0.340 e. The number of carbonyl (C=O) groups is 2. The minimum Gasteiger partial charge on any atom is -0.489 e. The van der Waals surface area contributed by atoms with Crippen molar-refractivity contribution in [1.82, 2.24) is 0 Å². The topological polar surface area (TPSA) is 76.1 Å². The van der Waals surface area contributed by atoms with E-state index in [-0.39, 0.29) is 24.0 Å². The standard InChI is InChI=1S/C29H37NO5/c1-20-8-10-22(11-9-20)28(32)30(23-12-14-24(31)15-13-23)27-17-16-25(18-26(27)29(33)34-2)35-19-21-6-4-3-5-7-21/h3-7,16-18,20,22-24,31H,8-15,19H2,1-2H3. The molecule has 0 spiro atoms. The Kier molecular flexibility index (Phi) is 8.45. The molecule has 0 radical (unpaired) electrons. The number of benzene rings is 2. The van der Waals surface area contributed by atoms with Crippen molar-refractivity contribution in [2.45, 2.75) is 77.0 Å². The van der Waals surface area contributed by atoms with Gasteiger partial charge < -0.3 is 19.5 Å². The van der Waals surface area contributed by atoms with E-state index in [4.69, 9.17) is 9.47 Å². The van der Waals surface area contributed by atoms with Gasteiger partial charge in [-0.3, -0.25) is 4.79 Å². The summed E-state index contributed by atoms with van der Waals surface area (Å²) < 4.78 is 11.1. The summed E-state index contributed by atoms with van der Waals surface area (Å²) in [4.78, 5) is 28.7. The zero-order chi connectivity index (χ0) is 24.8. The maximum absolute atomic E-state index is 13.9. The molecule has 0 saturated heterocycles. The molecule has 1 amide bonds. The van der Waals surface area contributed by atoms with Crippen LogP contribution >= 0.6 is 0 Å². The molecule has 1 N–H and O–H groups in total. The number of amides is 1. The largest absolute Gasteiger partial charge is 0.489 e. The summed E-state index contributed by atoms with van der Waals surface area (Å²) >= 11 is 0. The van der Waals surface area contributed by atoms with Crippen molar-refractivity contribution in [3.05, 3.63) is 59.7 Å². The van der Waals surface area contributed by atoms with Crippen molar-refractivity contribution in [2.24, 2.45) is 11.8 Å². The zero-order valence-electron chi connectivity index (χ0n) is 20.8. The number of nitrogens with zero attached hydrogens (tertiary/aromatic N) is 1. The Labute approximate surface area is 208 Å². The predicted octanol–water partition coefficient (Wildman–Crippen LogP) is 5.52. The number of rotatable bonds is 7. The Morgan fingerprint density at radius 1 is 0.943 bits per heavy atom. The van der Waals surface area contributed by atoms with Crippen LogP contribution in [0.4, 0.5) is 5.69 Å². The molecule has 0 aromatic heterocycles. The van der Waals surface area contributed by atoms with E-state index in [1.807, 2.05) is 47.4 Å². The van der Waals surface area contributed by atoms with Gasteiger partial charge in [-0.2, -0.15) is 0 Å². The van der Waals surface area contributed by atoms with E-state index in [1.165, 1.54) is 7.11 Å². The van der Waals surface area contributed by atoms with Crippen LogP contribution in [0.5, 0.6) is 5.75 Å². The molecule has 35 heavy (non-hydrogen) atoms. The van der Waals surface area contributed by atoms with Crippen LogP contribution in [0.3, 0.4) is 0 Å². The maximum atomic E-state index is 13.9. The molecule has 0 bridgehead atoms. The van der Waals surface area contributed by atoms with Gasteiger partial charge in [-0.1, -0.05) is 37.3 Å². The molecule has 0 aliphatic heterocycles. The van der Waals surface area contributed by atoms with Crippen LogP contribution in [0.15, 0.2) is 48.5 Å². The molecule has 0 unspecified atom stereocenters. The van der Waals surface area contributed by atoms with Crippen molar-refractivity contribution in [3.8, 4) is 5.75 Å². The first-order valence-electron chi connectivity index (χ1n) is 12.9. The smallest absolute Gasteiger partial charge is 0.340 e. The second-order valence-electron chi connectivity index (χ2n) is 10.1.